The van der Waals surface area contributed by atoms with E-state index < -0.39 is 0 Å². The minimum atomic E-state index is -0.362. The number of thioether (sulfide) groups is 1. The maximum atomic E-state index is 13.2. The van der Waals surface area contributed by atoms with Crippen LogP contribution >= 0.6 is 11.8 Å². The van der Waals surface area contributed by atoms with Crippen molar-refractivity contribution in [3.8, 4) is 17.6 Å². The number of ether oxygens (including phenoxy) is 3. The van der Waals surface area contributed by atoms with E-state index in [2.05, 4.69) is 6.07 Å². The molecule has 2 aromatic rings. The van der Waals surface area contributed by atoms with E-state index in [1.807, 2.05) is 42.2 Å². The van der Waals surface area contributed by atoms with E-state index in [0.717, 1.165) is 11.3 Å². The van der Waals surface area contributed by atoms with Crippen LogP contribution < -0.4 is 14.4 Å². The van der Waals surface area contributed by atoms with Gasteiger partial charge in [-0.05, 0) is 55.8 Å². The number of esters is 1. The molecule has 1 saturated heterocycles. The zero-order valence-electron chi connectivity index (χ0n) is 19.9. The molecule has 1 atom stereocenters. The summed E-state index contributed by atoms with van der Waals surface area (Å²) in [6.45, 7) is 4.84. The molecule has 35 heavy (non-hydrogen) atoms. The molecular weight excluding hydrogens is 466 g/mol. The Morgan fingerprint density at radius 3 is 2.57 bits per heavy atom. The fourth-order valence-corrected chi connectivity index (χ4v) is 5.38. The first-order chi connectivity index (χ1) is 17.0. The highest BCUT2D eigenvalue weighted by molar-refractivity contribution is 8.03. The summed E-state index contributed by atoms with van der Waals surface area (Å²) in [4.78, 5) is 28.9. The summed E-state index contributed by atoms with van der Waals surface area (Å²) >= 11 is 1.47. The molecule has 2 aliphatic rings. The molecule has 2 heterocycles. The third-order valence-corrected chi connectivity index (χ3v) is 7.08. The average molecular weight is 494 g/mol. The number of anilines is 1. The van der Waals surface area contributed by atoms with Crippen molar-refractivity contribution in [3.05, 3.63) is 64.2 Å². The second-order valence-corrected chi connectivity index (χ2v) is 8.91. The molecule has 1 fully saturated rings. The lowest BCUT2D eigenvalue weighted by atomic mass is 9.86. The van der Waals surface area contributed by atoms with E-state index in [9.17, 15) is 14.9 Å². The third kappa shape index (κ3) is 4.93. The van der Waals surface area contributed by atoms with E-state index in [0.29, 0.717) is 53.4 Å². The molecule has 0 radical (unpaired) electrons. The Labute approximate surface area is 209 Å². The predicted molar refractivity (Wildman–Crippen MR) is 133 cm³/mol. The van der Waals surface area contributed by atoms with Crippen molar-refractivity contribution in [2.24, 2.45) is 0 Å². The molecular formula is C26H27N3O5S. The van der Waals surface area contributed by atoms with E-state index in [1.165, 1.54) is 11.8 Å². The molecule has 0 aromatic heterocycles. The van der Waals surface area contributed by atoms with Crippen LogP contribution in [-0.2, 0) is 9.53 Å². The lowest BCUT2D eigenvalue weighted by Gasteiger charge is -2.42. The quantitative estimate of drug-likeness (QED) is 0.521. The summed E-state index contributed by atoms with van der Waals surface area (Å²) in [6, 6.07) is 15.0. The van der Waals surface area contributed by atoms with Crippen LogP contribution in [0, 0.1) is 11.3 Å². The molecule has 8 nitrogen and oxygen atoms in total. The van der Waals surface area contributed by atoms with Gasteiger partial charge in [-0.15, -0.1) is 0 Å². The normalized spacial score (nSPS) is 17.5. The number of methoxy groups -OCH3 is 1. The number of carbonyl (C=O) groups excluding carboxylic acids is 2. The van der Waals surface area contributed by atoms with Gasteiger partial charge in [0.05, 0.1) is 55.1 Å². The van der Waals surface area contributed by atoms with Crippen LogP contribution in [-0.4, -0.2) is 49.6 Å². The number of carbonyl (C=O) groups is 2. The molecule has 0 bridgehead atoms. The van der Waals surface area contributed by atoms with Gasteiger partial charge in [-0.25, -0.2) is 4.79 Å². The number of benzene rings is 2. The molecule has 0 saturated carbocycles. The molecule has 182 valence electrons. The predicted octanol–water partition coefficient (Wildman–Crippen LogP) is 4.49. The summed E-state index contributed by atoms with van der Waals surface area (Å²) in [7, 11) is 1.57. The number of rotatable bonds is 7. The van der Waals surface area contributed by atoms with Crippen molar-refractivity contribution in [3.63, 3.8) is 0 Å². The Kier molecular flexibility index (Phi) is 7.51. The highest BCUT2D eigenvalue weighted by atomic mass is 32.2. The topological polar surface area (TPSA) is 92.1 Å². The first-order valence-corrected chi connectivity index (χ1v) is 12.4. The van der Waals surface area contributed by atoms with E-state index in [4.69, 9.17) is 14.2 Å². The Balaban J connectivity index is 1.58. The highest BCUT2D eigenvalue weighted by Crippen LogP contribution is 2.44. The van der Waals surface area contributed by atoms with Gasteiger partial charge in [0.15, 0.2) is 11.5 Å². The maximum Gasteiger partial charge on any atom is 0.338 e. The lowest BCUT2D eigenvalue weighted by molar-refractivity contribution is -0.129. The smallest absolute Gasteiger partial charge is 0.338 e. The minimum Gasteiger partial charge on any atom is -0.493 e. The van der Waals surface area contributed by atoms with Crippen LogP contribution in [0.3, 0.4) is 0 Å². The fraction of sp³-hybridized carbons (Fsp3) is 0.346. The van der Waals surface area contributed by atoms with Gasteiger partial charge in [0.25, 0.3) is 0 Å². The fourth-order valence-electron chi connectivity index (χ4n) is 4.21. The third-order valence-electron chi connectivity index (χ3n) is 5.93. The molecule has 1 amide bonds. The van der Waals surface area contributed by atoms with Crippen molar-refractivity contribution >= 4 is 29.3 Å². The van der Waals surface area contributed by atoms with Crippen molar-refractivity contribution in [1.29, 1.82) is 5.26 Å². The van der Waals surface area contributed by atoms with Crippen LogP contribution in [0.15, 0.2) is 53.1 Å². The van der Waals surface area contributed by atoms with Gasteiger partial charge in [0.1, 0.15) is 0 Å². The molecule has 0 aliphatic carbocycles. The molecule has 0 spiro atoms. The minimum absolute atomic E-state index is 0.0443. The van der Waals surface area contributed by atoms with Gasteiger partial charge in [-0.3, -0.25) is 9.69 Å². The van der Waals surface area contributed by atoms with E-state index >= 15 is 0 Å². The first kappa shape index (κ1) is 24.5. The van der Waals surface area contributed by atoms with Crippen LogP contribution in [0.1, 0.15) is 42.1 Å². The number of hydrogen-bond acceptors (Lipinski definition) is 8. The molecule has 2 aromatic carbocycles. The Bertz CT molecular complexity index is 1190. The Hall–Kier alpha value is -3.64. The van der Waals surface area contributed by atoms with Gasteiger partial charge in [0, 0.05) is 18.0 Å². The standard InChI is InChI=1S/C26H27N3O5S/c1-4-33-22-11-8-18(12-23(22)32-3)20-13-24(30)29-15-28(16-35-25(29)21(20)14-27)19-9-6-17(7-10-19)26(31)34-5-2/h6-12,20H,4-5,13,15-16H2,1-3H3/t20-/m1/s1. The second kappa shape index (κ2) is 10.7. The number of nitrogens with zero attached hydrogens (tertiary/aromatic N) is 3. The van der Waals surface area contributed by atoms with E-state index in [1.54, 1.807) is 31.1 Å². The average Bonchev–Trinajstić information content (AvgIpc) is 2.89. The second-order valence-electron chi connectivity index (χ2n) is 7.97. The van der Waals surface area contributed by atoms with Crippen molar-refractivity contribution < 1.29 is 23.8 Å². The molecule has 0 unspecified atom stereocenters. The van der Waals surface area contributed by atoms with E-state index in [-0.39, 0.29) is 24.2 Å². The van der Waals surface area contributed by atoms with Crippen LogP contribution in [0.5, 0.6) is 11.5 Å². The zero-order chi connectivity index (χ0) is 24.9. The van der Waals surface area contributed by atoms with Crippen LogP contribution in [0.2, 0.25) is 0 Å². The number of hydrogen-bond donors (Lipinski definition) is 0. The molecule has 4 rings (SSSR count). The van der Waals surface area contributed by atoms with Crippen LogP contribution in [0.4, 0.5) is 5.69 Å². The summed E-state index contributed by atoms with van der Waals surface area (Å²) in [5.74, 6) is 1.03. The Morgan fingerprint density at radius 1 is 1.14 bits per heavy atom. The largest absolute Gasteiger partial charge is 0.493 e. The van der Waals surface area contributed by atoms with Crippen molar-refractivity contribution in [2.75, 3.05) is 37.8 Å². The summed E-state index contributed by atoms with van der Waals surface area (Å²) < 4.78 is 16.1. The van der Waals surface area contributed by atoms with Gasteiger partial charge in [-0.2, -0.15) is 5.26 Å². The van der Waals surface area contributed by atoms with Crippen molar-refractivity contribution in [2.45, 2.75) is 26.2 Å². The molecule has 0 N–H and O–H groups in total. The summed E-state index contributed by atoms with van der Waals surface area (Å²) in [5, 5.41) is 10.7. The maximum absolute atomic E-state index is 13.2. The first-order valence-electron chi connectivity index (χ1n) is 11.4. The number of nitriles is 1. The van der Waals surface area contributed by atoms with Crippen LogP contribution in [0.25, 0.3) is 0 Å². The lowest BCUT2D eigenvalue weighted by Crippen LogP contribution is -2.47. The van der Waals surface area contributed by atoms with Gasteiger partial charge >= 0.3 is 5.97 Å². The molecule has 2 aliphatic heterocycles. The molecule has 9 heteroatoms. The monoisotopic (exact) mass is 493 g/mol. The number of fused-ring (bicyclic) bond motifs is 1. The van der Waals surface area contributed by atoms with Crippen molar-refractivity contribution in [1.82, 2.24) is 4.90 Å². The van der Waals surface area contributed by atoms with Gasteiger partial charge in [0.2, 0.25) is 5.91 Å². The zero-order valence-corrected chi connectivity index (χ0v) is 20.8. The summed E-state index contributed by atoms with van der Waals surface area (Å²) in [6.07, 6.45) is 0.194. The van der Waals surface area contributed by atoms with Gasteiger partial charge in [-0.1, -0.05) is 17.8 Å². The number of amides is 1. The Morgan fingerprint density at radius 2 is 1.91 bits per heavy atom. The summed E-state index contributed by atoms with van der Waals surface area (Å²) in [5.41, 5.74) is 2.79. The number of allylic oxidation sites excluding steroid dienone is 1. The van der Waals surface area contributed by atoms with Gasteiger partial charge < -0.3 is 19.1 Å². The SMILES string of the molecule is CCOC(=O)c1ccc(N2CSC3=C(C#N)[C@@H](c4ccc(OCC)c(OC)c4)CC(=O)N3C2)cc1. The highest BCUT2D eigenvalue weighted by Gasteiger charge is 2.38.